The van der Waals surface area contributed by atoms with E-state index in [4.69, 9.17) is 0 Å². The molecule has 116 valence electrons. The number of nitrogens with one attached hydrogen (secondary N) is 1. The Kier molecular flexibility index (Phi) is 3.15. The maximum atomic E-state index is 12.9. The number of imidazole rings is 1. The van der Waals surface area contributed by atoms with Crippen LogP contribution in [0, 0.1) is 12.8 Å². The quantitative estimate of drug-likeness (QED) is 0.803. The number of aromatic nitrogens is 2. The summed E-state index contributed by atoms with van der Waals surface area (Å²) >= 11 is 0. The summed E-state index contributed by atoms with van der Waals surface area (Å²) in [7, 11) is 0. The summed E-state index contributed by atoms with van der Waals surface area (Å²) in [5.41, 5.74) is 4.18. The van der Waals surface area contributed by atoms with Crippen molar-refractivity contribution in [1.82, 2.24) is 9.38 Å². The molecule has 1 aliphatic carbocycles. The topological polar surface area (TPSA) is 46.4 Å². The van der Waals surface area contributed by atoms with E-state index in [1.807, 2.05) is 34.9 Å². The molecule has 4 nitrogen and oxygen atoms in total. The highest BCUT2D eigenvalue weighted by Gasteiger charge is 2.43. The molecule has 1 aliphatic rings. The molecule has 1 saturated carbocycles. The molecule has 0 bridgehead atoms. The van der Waals surface area contributed by atoms with Gasteiger partial charge in [0.25, 0.3) is 0 Å². The zero-order chi connectivity index (χ0) is 16.0. The van der Waals surface area contributed by atoms with E-state index in [1.165, 1.54) is 5.56 Å². The fourth-order valence-electron chi connectivity index (χ4n) is 2.76. The maximum absolute atomic E-state index is 12.9. The lowest BCUT2D eigenvalue weighted by Crippen LogP contribution is -2.15. The molecule has 1 fully saturated rings. The van der Waals surface area contributed by atoms with Crippen LogP contribution in [0.3, 0.4) is 0 Å². The number of aryl methyl sites for hydroxylation is 1. The number of hydrogen-bond acceptors (Lipinski definition) is 2. The number of fused-ring (bicyclic) bond motifs is 1. The zero-order valence-corrected chi connectivity index (χ0v) is 12.7. The number of rotatable bonds is 3. The van der Waals surface area contributed by atoms with E-state index in [0.717, 1.165) is 16.8 Å². The number of alkyl halides is 1. The van der Waals surface area contributed by atoms with Crippen molar-refractivity contribution in [3.63, 3.8) is 0 Å². The number of carbonyl (C=O) groups is 1. The molecule has 2 unspecified atom stereocenters. The van der Waals surface area contributed by atoms with Crippen LogP contribution in [0.15, 0.2) is 48.8 Å². The van der Waals surface area contributed by atoms with Crippen LogP contribution in [0.1, 0.15) is 12.0 Å². The summed E-state index contributed by atoms with van der Waals surface area (Å²) < 4.78 is 14.8. The Morgan fingerprint density at radius 3 is 2.78 bits per heavy atom. The predicted octanol–water partition coefficient (Wildman–Crippen LogP) is 3.61. The number of nitrogens with zero attached hydrogens (tertiary/aromatic N) is 2. The van der Waals surface area contributed by atoms with Gasteiger partial charge in [-0.3, -0.25) is 4.79 Å². The highest BCUT2D eigenvalue weighted by Crippen LogP contribution is 2.34. The van der Waals surface area contributed by atoms with Gasteiger partial charge in [0.05, 0.1) is 12.1 Å². The molecule has 0 spiro atoms. The molecule has 2 atom stereocenters. The van der Waals surface area contributed by atoms with Crippen LogP contribution in [0.2, 0.25) is 0 Å². The van der Waals surface area contributed by atoms with E-state index in [9.17, 15) is 9.18 Å². The highest BCUT2D eigenvalue weighted by atomic mass is 19.1. The second-order valence-corrected chi connectivity index (χ2v) is 5.97. The number of hydrogen-bond donors (Lipinski definition) is 1. The van der Waals surface area contributed by atoms with Gasteiger partial charge in [-0.15, -0.1) is 0 Å². The first kappa shape index (κ1) is 13.9. The van der Waals surface area contributed by atoms with Crippen LogP contribution in [0.4, 0.5) is 10.2 Å². The van der Waals surface area contributed by atoms with Gasteiger partial charge in [-0.2, -0.15) is 0 Å². The monoisotopic (exact) mass is 309 g/mol. The first-order valence-electron chi connectivity index (χ1n) is 7.61. The highest BCUT2D eigenvalue weighted by molar-refractivity contribution is 5.94. The molecule has 1 aromatic carbocycles. The second-order valence-electron chi connectivity index (χ2n) is 5.97. The number of benzene rings is 1. The maximum Gasteiger partial charge on any atom is 0.231 e. The van der Waals surface area contributed by atoms with Gasteiger partial charge in [0.1, 0.15) is 11.8 Å². The van der Waals surface area contributed by atoms with E-state index in [-0.39, 0.29) is 5.91 Å². The molecule has 0 saturated heterocycles. The van der Waals surface area contributed by atoms with Gasteiger partial charge in [0.2, 0.25) is 5.91 Å². The Morgan fingerprint density at radius 1 is 1.26 bits per heavy atom. The van der Waals surface area contributed by atoms with Gasteiger partial charge in [0.15, 0.2) is 5.82 Å². The average molecular weight is 309 g/mol. The molecule has 2 heterocycles. The number of carbonyl (C=O) groups excluding carboxylic acids is 1. The molecule has 5 heteroatoms. The van der Waals surface area contributed by atoms with Gasteiger partial charge in [-0.05, 0) is 42.2 Å². The van der Waals surface area contributed by atoms with Crippen molar-refractivity contribution in [3.05, 3.63) is 54.4 Å². The molecule has 0 radical (unpaired) electrons. The van der Waals surface area contributed by atoms with Crippen LogP contribution in [-0.4, -0.2) is 21.5 Å². The summed E-state index contributed by atoms with van der Waals surface area (Å²) in [6, 6.07) is 12.1. The molecule has 0 aliphatic heterocycles. The molecular weight excluding hydrogens is 293 g/mol. The number of anilines is 1. The summed E-state index contributed by atoms with van der Waals surface area (Å²) in [6.07, 6.45) is 3.05. The first-order valence-corrected chi connectivity index (χ1v) is 7.61. The van der Waals surface area contributed by atoms with E-state index in [1.54, 1.807) is 6.20 Å². The van der Waals surface area contributed by atoms with Crippen LogP contribution < -0.4 is 5.32 Å². The second kappa shape index (κ2) is 5.19. The third-order valence-electron chi connectivity index (χ3n) is 4.21. The molecule has 1 N–H and O–H groups in total. The van der Waals surface area contributed by atoms with Crippen LogP contribution in [0.25, 0.3) is 16.8 Å². The summed E-state index contributed by atoms with van der Waals surface area (Å²) in [5, 5.41) is 2.68. The number of amides is 1. The smallest absolute Gasteiger partial charge is 0.231 e. The molecule has 23 heavy (non-hydrogen) atoms. The average Bonchev–Trinajstić information content (AvgIpc) is 3.13. The van der Waals surface area contributed by atoms with Crippen LogP contribution in [0.5, 0.6) is 0 Å². The number of halogens is 1. The standard InChI is InChI=1S/C18H16FN3O/c1-11-4-2-3-5-13(11)12-6-7-17-20-16(10-22(17)9-12)21-18(23)14-8-15(14)19/h2-7,9-10,14-15H,8H2,1H3,(H,21,23). The molecule has 3 aromatic rings. The van der Waals surface area contributed by atoms with E-state index in [2.05, 4.69) is 29.4 Å². The predicted molar refractivity (Wildman–Crippen MR) is 87.0 cm³/mol. The lowest BCUT2D eigenvalue weighted by atomic mass is 10.0. The van der Waals surface area contributed by atoms with Crippen LogP contribution in [-0.2, 0) is 4.79 Å². The Bertz CT molecular complexity index is 902. The van der Waals surface area contributed by atoms with Gasteiger partial charge in [-0.25, -0.2) is 9.37 Å². The van der Waals surface area contributed by atoms with Crippen molar-refractivity contribution < 1.29 is 9.18 Å². The molecular formula is C18H16FN3O. The fourth-order valence-corrected chi connectivity index (χ4v) is 2.76. The van der Waals surface area contributed by atoms with Gasteiger partial charge >= 0.3 is 0 Å². The van der Waals surface area contributed by atoms with Crippen molar-refractivity contribution in [2.75, 3.05) is 5.32 Å². The van der Waals surface area contributed by atoms with Crippen molar-refractivity contribution >= 4 is 17.4 Å². The Balaban J connectivity index is 1.64. The molecule has 2 aromatic heterocycles. The lowest BCUT2D eigenvalue weighted by Gasteiger charge is -2.05. The third-order valence-corrected chi connectivity index (χ3v) is 4.21. The third kappa shape index (κ3) is 2.59. The fraction of sp³-hybridized carbons (Fsp3) is 0.222. The van der Waals surface area contributed by atoms with Crippen molar-refractivity contribution in [2.45, 2.75) is 19.5 Å². The SMILES string of the molecule is Cc1ccccc1-c1ccc2nc(NC(=O)C3CC3F)cn2c1. The van der Waals surface area contributed by atoms with E-state index >= 15 is 0 Å². The zero-order valence-electron chi connectivity index (χ0n) is 12.7. The minimum absolute atomic E-state index is 0.292. The van der Waals surface area contributed by atoms with Gasteiger partial charge in [0, 0.05) is 6.20 Å². The van der Waals surface area contributed by atoms with Crippen molar-refractivity contribution in [2.24, 2.45) is 5.92 Å². The number of pyridine rings is 1. The Morgan fingerprint density at radius 2 is 2.04 bits per heavy atom. The van der Waals surface area contributed by atoms with Crippen molar-refractivity contribution in [3.8, 4) is 11.1 Å². The lowest BCUT2D eigenvalue weighted by molar-refractivity contribution is -0.117. The van der Waals surface area contributed by atoms with Gasteiger partial charge in [-0.1, -0.05) is 24.3 Å². The van der Waals surface area contributed by atoms with Crippen molar-refractivity contribution in [1.29, 1.82) is 0 Å². The van der Waals surface area contributed by atoms with E-state index in [0.29, 0.717) is 12.2 Å². The largest absolute Gasteiger partial charge is 0.309 e. The van der Waals surface area contributed by atoms with Gasteiger partial charge < -0.3 is 9.72 Å². The normalized spacial score (nSPS) is 19.7. The first-order chi connectivity index (χ1) is 11.1. The molecule has 4 rings (SSSR count). The molecule has 1 amide bonds. The minimum Gasteiger partial charge on any atom is -0.309 e. The summed E-state index contributed by atoms with van der Waals surface area (Å²) in [6.45, 7) is 2.07. The Hall–Kier alpha value is -2.69. The summed E-state index contributed by atoms with van der Waals surface area (Å²) in [5.74, 6) is -0.349. The Labute approximate surface area is 133 Å². The van der Waals surface area contributed by atoms with Crippen LogP contribution >= 0.6 is 0 Å². The minimum atomic E-state index is -1.00. The summed E-state index contributed by atoms with van der Waals surface area (Å²) in [4.78, 5) is 16.1. The van der Waals surface area contributed by atoms with E-state index < -0.39 is 12.1 Å².